The molecule has 1 amide bonds. The van der Waals surface area contributed by atoms with E-state index in [-0.39, 0.29) is 28.0 Å². The van der Waals surface area contributed by atoms with E-state index in [1.165, 1.54) is 36.0 Å². The SMILES string of the molecule is Nc1nc(SCc2cccc(F)c2)[nH]c(=O)c1NC(=O)c1ccc(F)cc1. The molecular weight excluding hydrogens is 374 g/mol. The number of hydrogen-bond acceptors (Lipinski definition) is 5. The second-order valence-electron chi connectivity index (χ2n) is 5.51. The molecule has 0 aliphatic heterocycles. The van der Waals surface area contributed by atoms with Gasteiger partial charge in [-0.3, -0.25) is 14.6 Å². The monoisotopic (exact) mass is 388 g/mol. The first-order chi connectivity index (χ1) is 12.9. The van der Waals surface area contributed by atoms with Crippen LogP contribution in [0, 0.1) is 11.6 Å². The molecule has 0 unspecified atom stereocenters. The molecule has 0 fully saturated rings. The molecule has 2 aromatic carbocycles. The number of nitrogens with zero attached hydrogens (tertiary/aromatic N) is 1. The summed E-state index contributed by atoms with van der Waals surface area (Å²) < 4.78 is 26.1. The van der Waals surface area contributed by atoms with Crippen LogP contribution < -0.4 is 16.6 Å². The van der Waals surface area contributed by atoms with Crippen LogP contribution in [0.4, 0.5) is 20.3 Å². The number of thioether (sulfide) groups is 1. The van der Waals surface area contributed by atoms with E-state index in [2.05, 4.69) is 15.3 Å². The number of aromatic amines is 1. The summed E-state index contributed by atoms with van der Waals surface area (Å²) in [5, 5.41) is 2.61. The van der Waals surface area contributed by atoms with Gasteiger partial charge in [0.2, 0.25) is 0 Å². The number of carbonyl (C=O) groups is 1. The zero-order chi connectivity index (χ0) is 19.4. The maximum Gasteiger partial charge on any atom is 0.277 e. The maximum atomic E-state index is 13.2. The summed E-state index contributed by atoms with van der Waals surface area (Å²) in [7, 11) is 0. The normalized spacial score (nSPS) is 10.6. The van der Waals surface area contributed by atoms with Gasteiger partial charge in [0.05, 0.1) is 0 Å². The molecular formula is C18H14F2N4O2S. The van der Waals surface area contributed by atoms with Gasteiger partial charge in [0.25, 0.3) is 11.5 Å². The number of rotatable bonds is 5. The number of nitrogens with two attached hydrogens (primary N) is 1. The van der Waals surface area contributed by atoms with Crippen molar-refractivity contribution in [2.24, 2.45) is 0 Å². The van der Waals surface area contributed by atoms with Crippen LogP contribution in [-0.2, 0) is 5.75 Å². The van der Waals surface area contributed by atoms with Crippen molar-refractivity contribution in [3.05, 3.63) is 81.6 Å². The summed E-state index contributed by atoms with van der Waals surface area (Å²) in [4.78, 5) is 30.9. The minimum absolute atomic E-state index is 0.157. The Labute approximate surface area is 156 Å². The second-order valence-corrected chi connectivity index (χ2v) is 6.47. The Morgan fingerprint density at radius 1 is 1.15 bits per heavy atom. The first kappa shape index (κ1) is 18.6. The molecule has 4 N–H and O–H groups in total. The van der Waals surface area contributed by atoms with Crippen LogP contribution in [0.5, 0.6) is 0 Å². The molecule has 0 bridgehead atoms. The average Bonchev–Trinajstić information content (AvgIpc) is 2.63. The number of amides is 1. The Bertz CT molecular complexity index is 1040. The summed E-state index contributed by atoms with van der Waals surface area (Å²) in [5.74, 6) is -1.23. The van der Waals surface area contributed by atoms with E-state index < -0.39 is 17.3 Å². The van der Waals surface area contributed by atoms with Gasteiger partial charge in [0.1, 0.15) is 17.3 Å². The number of nitrogen functional groups attached to an aromatic ring is 1. The predicted octanol–water partition coefficient (Wildman–Crippen LogP) is 3.17. The van der Waals surface area contributed by atoms with Crippen LogP contribution in [0.3, 0.4) is 0 Å². The topological polar surface area (TPSA) is 101 Å². The highest BCUT2D eigenvalue weighted by molar-refractivity contribution is 7.98. The number of benzene rings is 2. The highest BCUT2D eigenvalue weighted by Crippen LogP contribution is 2.21. The Kier molecular flexibility index (Phi) is 5.51. The molecule has 0 atom stereocenters. The molecule has 0 spiro atoms. The molecule has 3 rings (SSSR count). The van der Waals surface area contributed by atoms with Crippen molar-refractivity contribution >= 4 is 29.2 Å². The first-order valence-corrected chi connectivity index (χ1v) is 8.75. The Balaban J connectivity index is 1.73. The van der Waals surface area contributed by atoms with Crippen molar-refractivity contribution in [2.75, 3.05) is 11.1 Å². The fourth-order valence-electron chi connectivity index (χ4n) is 2.22. The van der Waals surface area contributed by atoms with Gasteiger partial charge in [-0.15, -0.1) is 0 Å². The summed E-state index contributed by atoms with van der Waals surface area (Å²) >= 11 is 1.17. The molecule has 9 heteroatoms. The number of halogens is 2. The van der Waals surface area contributed by atoms with Gasteiger partial charge in [-0.05, 0) is 42.0 Å². The second kappa shape index (κ2) is 8.00. The molecule has 27 heavy (non-hydrogen) atoms. The lowest BCUT2D eigenvalue weighted by molar-refractivity contribution is 0.102. The third kappa shape index (κ3) is 4.70. The van der Waals surface area contributed by atoms with E-state index in [1.54, 1.807) is 12.1 Å². The molecule has 0 radical (unpaired) electrons. The highest BCUT2D eigenvalue weighted by Gasteiger charge is 2.14. The predicted molar refractivity (Wildman–Crippen MR) is 99.6 cm³/mol. The van der Waals surface area contributed by atoms with Crippen molar-refractivity contribution in [3.8, 4) is 0 Å². The Hall–Kier alpha value is -3.20. The summed E-state index contributed by atoms with van der Waals surface area (Å²) in [6.07, 6.45) is 0. The summed E-state index contributed by atoms with van der Waals surface area (Å²) in [6, 6.07) is 10.9. The zero-order valence-electron chi connectivity index (χ0n) is 13.8. The molecule has 1 aromatic heterocycles. The minimum atomic E-state index is -0.625. The lowest BCUT2D eigenvalue weighted by atomic mass is 10.2. The highest BCUT2D eigenvalue weighted by atomic mass is 32.2. The van der Waals surface area contributed by atoms with Crippen molar-refractivity contribution in [1.29, 1.82) is 0 Å². The lowest BCUT2D eigenvalue weighted by Crippen LogP contribution is -2.23. The molecule has 6 nitrogen and oxygen atoms in total. The van der Waals surface area contributed by atoms with Crippen molar-refractivity contribution in [2.45, 2.75) is 10.9 Å². The average molecular weight is 388 g/mol. The third-order valence-corrected chi connectivity index (χ3v) is 4.48. The lowest BCUT2D eigenvalue weighted by Gasteiger charge is -2.08. The molecule has 0 saturated carbocycles. The molecule has 0 aliphatic carbocycles. The Morgan fingerprint density at radius 2 is 1.89 bits per heavy atom. The summed E-state index contributed by atoms with van der Waals surface area (Å²) in [6.45, 7) is 0. The van der Waals surface area contributed by atoms with E-state index in [9.17, 15) is 18.4 Å². The van der Waals surface area contributed by atoms with Gasteiger partial charge in [-0.25, -0.2) is 13.8 Å². The number of aromatic nitrogens is 2. The Morgan fingerprint density at radius 3 is 2.56 bits per heavy atom. The van der Waals surface area contributed by atoms with Crippen LogP contribution in [-0.4, -0.2) is 15.9 Å². The van der Waals surface area contributed by atoms with Crippen LogP contribution in [0.15, 0.2) is 58.5 Å². The van der Waals surface area contributed by atoms with Crippen molar-refractivity contribution in [3.63, 3.8) is 0 Å². The summed E-state index contributed by atoms with van der Waals surface area (Å²) in [5.41, 5.74) is 5.85. The van der Waals surface area contributed by atoms with Crippen molar-refractivity contribution < 1.29 is 13.6 Å². The molecule has 0 saturated heterocycles. The fourth-order valence-corrected chi connectivity index (χ4v) is 3.03. The standard InChI is InChI=1S/C18H14F2N4O2S/c19-12-6-4-11(5-7-12)16(25)22-14-15(21)23-18(24-17(14)26)27-9-10-2-1-3-13(20)8-10/h1-8H,9H2,(H,22,25)(H3,21,23,24,26). The van der Waals surface area contributed by atoms with Crippen LogP contribution >= 0.6 is 11.8 Å². The van der Waals surface area contributed by atoms with E-state index in [4.69, 9.17) is 5.73 Å². The molecule has 0 aliphatic rings. The zero-order valence-corrected chi connectivity index (χ0v) is 14.6. The van der Waals surface area contributed by atoms with Crippen molar-refractivity contribution in [1.82, 2.24) is 9.97 Å². The van der Waals surface area contributed by atoms with E-state index >= 15 is 0 Å². The van der Waals surface area contributed by atoms with Crippen LogP contribution in [0.1, 0.15) is 15.9 Å². The van der Waals surface area contributed by atoms with Gasteiger partial charge in [0, 0.05) is 11.3 Å². The van der Waals surface area contributed by atoms with Gasteiger partial charge in [-0.1, -0.05) is 23.9 Å². The minimum Gasteiger partial charge on any atom is -0.382 e. The first-order valence-electron chi connectivity index (χ1n) is 7.76. The smallest absolute Gasteiger partial charge is 0.277 e. The maximum absolute atomic E-state index is 13.2. The molecule has 138 valence electrons. The number of nitrogens with one attached hydrogen (secondary N) is 2. The van der Waals surface area contributed by atoms with Gasteiger partial charge >= 0.3 is 0 Å². The van der Waals surface area contributed by atoms with Crippen LogP contribution in [0.2, 0.25) is 0 Å². The number of anilines is 2. The largest absolute Gasteiger partial charge is 0.382 e. The molecule has 3 aromatic rings. The fraction of sp³-hybridized carbons (Fsp3) is 0.0556. The number of hydrogen-bond donors (Lipinski definition) is 3. The quantitative estimate of drug-likeness (QED) is 0.460. The van der Waals surface area contributed by atoms with E-state index in [0.717, 1.165) is 17.7 Å². The number of carbonyl (C=O) groups excluding carboxylic acids is 1. The van der Waals surface area contributed by atoms with E-state index in [0.29, 0.717) is 5.75 Å². The van der Waals surface area contributed by atoms with Gasteiger partial charge < -0.3 is 11.1 Å². The number of H-pyrrole nitrogens is 1. The van der Waals surface area contributed by atoms with E-state index in [1.807, 2.05) is 0 Å². The van der Waals surface area contributed by atoms with Gasteiger partial charge in [-0.2, -0.15) is 0 Å². The van der Waals surface area contributed by atoms with Crippen LogP contribution in [0.25, 0.3) is 0 Å². The molecule has 1 heterocycles. The third-order valence-electron chi connectivity index (χ3n) is 3.54. The van der Waals surface area contributed by atoms with Gasteiger partial charge in [0.15, 0.2) is 11.0 Å².